The third kappa shape index (κ3) is 2.74. The highest BCUT2D eigenvalue weighted by Crippen LogP contribution is 2.40. The van der Waals surface area contributed by atoms with E-state index in [-0.39, 0.29) is 23.8 Å². The molecule has 0 bridgehead atoms. The summed E-state index contributed by atoms with van der Waals surface area (Å²) in [6.07, 6.45) is 0.980. The average Bonchev–Trinajstić information content (AvgIpc) is 3.02. The van der Waals surface area contributed by atoms with Gasteiger partial charge in [0.2, 0.25) is 11.8 Å². The average molecular weight is 316 g/mol. The number of rotatable bonds is 4. The maximum Gasteiger partial charge on any atom is 0.236 e. The van der Waals surface area contributed by atoms with Crippen molar-refractivity contribution in [3.05, 3.63) is 35.4 Å². The van der Waals surface area contributed by atoms with Crippen LogP contribution in [0.15, 0.2) is 24.3 Å². The van der Waals surface area contributed by atoms with Gasteiger partial charge < -0.3 is 15.7 Å². The molecule has 3 unspecified atom stereocenters. The van der Waals surface area contributed by atoms with E-state index in [2.05, 4.69) is 10.6 Å². The largest absolute Gasteiger partial charge is 0.388 e. The van der Waals surface area contributed by atoms with E-state index in [0.29, 0.717) is 25.8 Å². The van der Waals surface area contributed by atoms with Crippen molar-refractivity contribution in [2.24, 2.45) is 11.3 Å². The number of carbonyl (C=O) groups is 2. The third-order valence-electron chi connectivity index (χ3n) is 4.96. The van der Waals surface area contributed by atoms with E-state index in [1.165, 1.54) is 0 Å². The summed E-state index contributed by atoms with van der Waals surface area (Å²) < 4.78 is 0. The van der Waals surface area contributed by atoms with Crippen LogP contribution in [0.4, 0.5) is 0 Å². The van der Waals surface area contributed by atoms with Gasteiger partial charge in [-0.25, -0.2) is 0 Å². The van der Waals surface area contributed by atoms with E-state index in [1.807, 2.05) is 38.1 Å². The molecule has 2 aliphatic rings. The summed E-state index contributed by atoms with van der Waals surface area (Å²) in [6.45, 7) is 4.59. The SMILES string of the molecule is CC(C)CC1(C(=O)NC2CC(O)c3ccccc32)CCNC1=O. The van der Waals surface area contributed by atoms with Crippen LogP contribution in [0.5, 0.6) is 0 Å². The van der Waals surface area contributed by atoms with Gasteiger partial charge in [-0.05, 0) is 29.9 Å². The first kappa shape index (κ1) is 16.0. The Kier molecular flexibility index (Phi) is 4.15. The van der Waals surface area contributed by atoms with E-state index < -0.39 is 11.5 Å². The van der Waals surface area contributed by atoms with Crippen LogP contribution in [-0.4, -0.2) is 23.5 Å². The number of fused-ring (bicyclic) bond motifs is 1. The molecule has 1 saturated heterocycles. The topological polar surface area (TPSA) is 78.4 Å². The van der Waals surface area contributed by atoms with Crippen molar-refractivity contribution in [1.82, 2.24) is 10.6 Å². The second-order valence-corrected chi connectivity index (χ2v) is 7.09. The number of aliphatic hydroxyl groups is 1. The minimum Gasteiger partial charge on any atom is -0.388 e. The van der Waals surface area contributed by atoms with Crippen LogP contribution >= 0.6 is 0 Å². The molecule has 0 aromatic heterocycles. The molecule has 3 N–H and O–H groups in total. The minimum atomic E-state index is -0.976. The summed E-state index contributed by atoms with van der Waals surface area (Å²) in [7, 11) is 0. The van der Waals surface area contributed by atoms with Crippen molar-refractivity contribution in [2.45, 2.75) is 45.3 Å². The Morgan fingerprint density at radius 1 is 1.39 bits per heavy atom. The number of amides is 2. The molecule has 1 aliphatic heterocycles. The Labute approximate surface area is 136 Å². The summed E-state index contributed by atoms with van der Waals surface area (Å²) >= 11 is 0. The Balaban J connectivity index is 1.82. The molecule has 0 spiro atoms. The highest BCUT2D eigenvalue weighted by Gasteiger charge is 2.50. The molecule has 1 aromatic rings. The van der Waals surface area contributed by atoms with E-state index in [0.717, 1.165) is 11.1 Å². The zero-order chi connectivity index (χ0) is 16.6. The van der Waals surface area contributed by atoms with Crippen LogP contribution in [0.3, 0.4) is 0 Å². The molecule has 3 atom stereocenters. The number of hydrogen-bond donors (Lipinski definition) is 3. The fraction of sp³-hybridized carbons (Fsp3) is 0.556. The van der Waals surface area contributed by atoms with Crippen molar-refractivity contribution in [3.8, 4) is 0 Å². The molecule has 3 rings (SSSR count). The maximum absolute atomic E-state index is 12.9. The van der Waals surface area contributed by atoms with E-state index >= 15 is 0 Å². The Hall–Kier alpha value is -1.88. The first-order chi connectivity index (χ1) is 10.9. The number of carbonyl (C=O) groups excluding carboxylic acids is 2. The quantitative estimate of drug-likeness (QED) is 0.742. The number of aliphatic hydroxyl groups excluding tert-OH is 1. The monoisotopic (exact) mass is 316 g/mol. The molecular formula is C18H24N2O3. The van der Waals surface area contributed by atoms with Gasteiger partial charge in [-0.1, -0.05) is 38.1 Å². The minimum absolute atomic E-state index is 0.171. The number of hydrogen-bond acceptors (Lipinski definition) is 3. The fourth-order valence-corrected chi connectivity index (χ4v) is 3.92. The molecule has 1 aromatic carbocycles. The third-order valence-corrected chi connectivity index (χ3v) is 4.96. The zero-order valence-electron chi connectivity index (χ0n) is 13.6. The zero-order valence-corrected chi connectivity index (χ0v) is 13.6. The van der Waals surface area contributed by atoms with Gasteiger partial charge in [-0.3, -0.25) is 9.59 Å². The summed E-state index contributed by atoms with van der Waals surface area (Å²) in [4.78, 5) is 25.3. The lowest BCUT2D eigenvalue weighted by Crippen LogP contribution is -2.47. The van der Waals surface area contributed by atoms with Gasteiger partial charge in [0.15, 0.2) is 0 Å². The number of nitrogens with one attached hydrogen (secondary N) is 2. The predicted molar refractivity (Wildman–Crippen MR) is 86.4 cm³/mol. The van der Waals surface area contributed by atoms with Gasteiger partial charge in [0.1, 0.15) is 5.41 Å². The van der Waals surface area contributed by atoms with Crippen LogP contribution in [0.25, 0.3) is 0 Å². The normalized spacial score (nSPS) is 29.5. The van der Waals surface area contributed by atoms with Crippen molar-refractivity contribution in [3.63, 3.8) is 0 Å². The Morgan fingerprint density at radius 2 is 2.09 bits per heavy atom. The fourth-order valence-electron chi connectivity index (χ4n) is 3.92. The van der Waals surface area contributed by atoms with Gasteiger partial charge in [0, 0.05) is 13.0 Å². The number of benzene rings is 1. The van der Waals surface area contributed by atoms with Crippen molar-refractivity contribution in [1.29, 1.82) is 0 Å². The lowest BCUT2D eigenvalue weighted by Gasteiger charge is -2.28. The van der Waals surface area contributed by atoms with Crippen molar-refractivity contribution >= 4 is 11.8 Å². The molecule has 0 radical (unpaired) electrons. The standard InChI is InChI=1S/C18H24N2O3/c1-11(2)10-18(7-8-19-16(18)22)17(23)20-14-9-15(21)13-6-4-3-5-12(13)14/h3-6,11,14-15,21H,7-10H2,1-2H3,(H,19,22)(H,20,23). The van der Waals surface area contributed by atoms with Gasteiger partial charge in [0.05, 0.1) is 12.1 Å². The first-order valence-corrected chi connectivity index (χ1v) is 8.30. The maximum atomic E-state index is 12.9. The van der Waals surface area contributed by atoms with Gasteiger partial charge >= 0.3 is 0 Å². The molecule has 2 amide bonds. The molecule has 5 nitrogen and oxygen atoms in total. The highest BCUT2D eigenvalue weighted by molar-refractivity contribution is 6.06. The second kappa shape index (κ2) is 5.96. The summed E-state index contributed by atoms with van der Waals surface area (Å²) in [5.41, 5.74) is 0.842. The van der Waals surface area contributed by atoms with Gasteiger partial charge in [-0.2, -0.15) is 0 Å². The molecular weight excluding hydrogens is 292 g/mol. The molecule has 0 saturated carbocycles. The van der Waals surface area contributed by atoms with Crippen molar-refractivity contribution < 1.29 is 14.7 Å². The van der Waals surface area contributed by atoms with E-state index in [4.69, 9.17) is 0 Å². The van der Waals surface area contributed by atoms with E-state index in [1.54, 1.807) is 0 Å². The van der Waals surface area contributed by atoms with Crippen molar-refractivity contribution in [2.75, 3.05) is 6.54 Å². The van der Waals surface area contributed by atoms with Crippen LogP contribution in [0.2, 0.25) is 0 Å². The molecule has 124 valence electrons. The lowest BCUT2D eigenvalue weighted by molar-refractivity contribution is -0.142. The molecule has 1 heterocycles. The van der Waals surface area contributed by atoms with Crippen LogP contribution in [0.1, 0.15) is 56.4 Å². The molecule has 5 heteroatoms. The molecule has 23 heavy (non-hydrogen) atoms. The first-order valence-electron chi connectivity index (χ1n) is 8.30. The van der Waals surface area contributed by atoms with Crippen LogP contribution in [-0.2, 0) is 9.59 Å². The summed E-state index contributed by atoms with van der Waals surface area (Å²) in [5.74, 6) is -0.128. The second-order valence-electron chi connectivity index (χ2n) is 7.09. The predicted octanol–water partition coefficient (Wildman–Crippen LogP) is 1.83. The molecule has 1 fully saturated rings. The molecule has 1 aliphatic carbocycles. The lowest BCUT2D eigenvalue weighted by atomic mass is 9.77. The van der Waals surface area contributed by atoms with Crippen LogP contribution < -0.4 is 10.6 Å². The van der Waals surface area contributed by atoms with Gasteiger partial charge in [0.25, 0.3) is 0 Å². The summed E-state index contributed by atoms with van der Waals surface area (Å²) in [5, 5.41) is 16.0. The van der Waals surface area contributed by atoms with Crippen LogP contribution in [0, 0.1) is 11.3 Å². The Morgan fingerprint density at radius 3 is 2.70 bits per heavy atom. The Bertz CT molecular complexity index is 628. The summed E-state index contributed by atoms with van der Waals surface area (Å²) in [6, 6.07) is 7.38. The smallest absolute Gasteiger partial charge is 0.236 e. The van der Waals surface area contributed by atoms with E-state index in [9.17, 15) is 14.7 Å². The highest BCUT2D eigenvalue weighted by atomic mass is 16.3. The van der Waals surface area contributed by atoms with Gasteiger partial charge in [-0.15, -0.1) is 0 Å².